The largest absolute Gasteiger partial charge is 0.327 e. The number of benzene rings is 1. The van der Waals surface area contributed by atoms with Crippen LogP contribution in [0.2, 0.25) is 10.0 Å². The molecule has 0 spiro atoms. The van der Waals surface area contributed by atoms with Crippen molar-refractivity contribution in [1.82, 2.24) is 19.7 Å². The molecule has 0 radical (unpaired) electrons. The number of nitrogens with zero attached hydrogens (tertiary/aromatic N) is 4. The van der Waals surface area contributed by atoms with E-state index in [1.807, 2.05) is 33.0 Å². The van der Waals surface area contributed by atoms with E-state index in [2.05, 4.69) is 10.1 Å². The van der Waals surface area contributed by atoms with Gasteiger partial charge in [0, 0.05) is 46.2 Å². The minimum atomic E-state index is -0.0912. The Balaban J connectivity index is 1.83. The van der Waals surface area contributed by atoms with Crippen LogP contribution in [0.4, 0.5) is 0 Å². The Morgan fingerprint density at radius 1 is 1.17 bits per heavy atom. The van der Waals surface area contributed by atoms with Crippen LogP contribution >= 0.6 is 23.2 Å². The molecule has 3 heterocycles. The van der Waals surface area contributed by atoms with Crippen LogP contribution in [0.25, 0.3) is 11.1 Å². The Labute approximate surface area is 179 Å². The first kappa shape index (κ1) is 19.9. The number of aromatic nitrogens is 3. The highest BCUT2D eigenvalue weighted by molar-refractivity contribution is 6.36. The van der Waals surface area contributed by atoms with Crippen LogP contribution in [-0.2, 0) is 26.7 Å². The number of amides is 1. The van der Waals surface area contributed by atoms with Gasteiger partial charge in [-0.3, -0.25) is 14.5 Å². The van der Waals surface area contributed by atoms with Crippen LogP contribution in [0, 0.1) is 13.8 Å². The van der Waals surface area contributed by atoms with Crippen molar-refractivity contribution < 1.29 is 4.79 Å². The third kappa shape index (κ3) is 3.41. The molecule has 1 aromatic carbocycles. The molecular weight excluding hydrogens is 409 g/mol. The summed E-state index contributed by atoms with van der Waals surface area (Å²) in [5.41, 5.74) is 12.3. The summed E-state index contributed by atoms with van der Waals surface area (Å²) in [6.45, 7) is 4.99. The summed E-state index contributed by atoms with van der Waals surface area (Å²) in [6, 6.07) is 7.25. The fourth-order valence-electron chi connectivity index (χ4n) is 3.83. The van der Waals surface area contributed by atoms with Crippen LogP contribution in [0.1, 0.15) is 38.7 Å². The quantitative estimate of drug-likeness (QED) is 0.678. The number of rotatable bonds is 4. The van der Waals surface area contributed by atoms with Gasteiger partial charge in [0.15, 0.2) is 0 Å². The summed E-state index contributed by atoms with van der Waals surface area (Å²) >= 11 is 12.6. The second-order valence-corrected chi connectivity index (χ2v) is 8.11. The zero-order valence-corrected chi connectivity index (χ0v) is 18.0. The summed E-state index contributed by atoms with van der Waals surface area (Å²) < 4.78 is 1.80. The summed E-state index contributed by atoms with van der Waals surface area (Å²) in [5, 5.41) is 5.49. The van der Waals surface area contributed by atoms with Crippen molar-refractivity contribution in [3.05, 3.63) is 68.2 Å². The van der Waals surface area contributed by atoms with Gasteiger partial charge in [0.25, 0.3) is 5.91 Å². The third-order valence-corrected chi connectivity index (χ3v) is 5.89. The molecule has 29 heavy (non-hydrogen) atoms. The van der Waals surface area contributed by atoms with Gasteiger partial charge in [-0.05, 0) is 37.6 Å². The number of pyridine rings is 1. The van der Waals surface area contributed by atoms with Gasteiger partial charge in [-0.25, -0.2) is 0 Å². The van der Waals surface area contributed by atoms with E-state index < -0.39 is 0 Å². The maximum Gasteiger partial charge on any atom is 0.257 e. The Morgan fingerprint density at radius 3 is 2.55 bits per heavy atom. The van der Waals surface area contributed by atoms with Crippen molar-refractivity contribution in [1.29, 1.82) is 0 Å². The molecule has 150 valence electrons. The lowest BCUT2D eigenvalue weighted by atomic mass is 9.93. The van der Waals surface area contributed by atoms with Crippen molar-refractivity contribution in [2.45, 2.75) is 33.5 Å². The van der Waals surface area contributed by atoms with Crippen molar-refractivity contribution in [2.75, 3.05) is 0 Å². The van der Waals surface area contributed by atoms with Crippen molar-refractivity contribution >= 4 is 29.1 Å². The summed E-state index contributed by atoms with van der Waals surface area (Å²) in [4.78, 5) is 19.8. The average molecular weight is 430 g/mol. The molecule has 0 bridgehead atoms. The number of halogens is 2. The lowest BCUT2D eigenvalue weighted by molar-refractivity contribution is 0.0764. The van der Waals surface area contributed by atoms with E-state index >= 15 is 0 Å². The number of fused-ring (bicyclic) bond motifs is 1. The average Bonchev–Trinajstić information content (AvgIpc) is 3.13. The number of hydrogen-bond donors (Lipinski definition) is 1. The molecule has 1 aliphatic rings. The molecule has 0 unspecified atom stereocenters. The molecule has 6 nitrogen and oxygen atoms in total. The fraction of sp³-hybridized carbons (Fsp3) is 0.286. The van der Waals surface area contributed by atoms with E-state index in [-0.39, 0.29) is 12.5 Å². The molecule has 0 saturated carbocycles. The minimum absolute atomic E-state index is 0.0912. The van der Waals surface area contributed by atoms with Gasteiger partial charge in [-0.15, -0.1) is 0 Å². The van der Waals surface area contributed by atoms with Crippen LogP contribution in [0.5, 0.6) is 0 Å². The Hall–Kier alpha value is -2.41. The molecule has 0 atom stereocenters. The van der Waals surface area contributed by atoms with Crippen LogP contribution in [0.15, 0.2) is 24.3 Å². The van der Waals surface area contributed by atoms with E-state index in [9.17, 15) is 4.79 Å². The molecular formula is C21H21Cl2N5O. The Bertz CT molecular complexity index is 1120. The van der Waals surface area contributed by atoms with Crippen molar-refractivity contribution in [2.24, 2.45) is 12.8 Å². The van der Waals surface area contributed by atoms with E-state index in [0.29, 0.717) is 28.7 Å². The van der Waals surface area contributed by atoms with Gasteiger partial charge in [-0.2, -0.15) is 5.10 Å². The van der Waals surface area contributed by atoms with Gasteiger partial charge >= 0.3 is 0 Å². The smallest absolute Gasteiger partial charge is 0.257 e. The van der Waals surface area contributed by atoms with E-state index in [1.165, 1.54) is 0 Å². The van der Waals surface area contributed by atoms with Crippen molar-refractivity contribution in [3.63, 3.8) is 0 Å². The van der Waals surface area contributed by atoms with Gasteiger partial charge in [-0.1, -0.05) is 29.3 Å². The molecule has 3 aromatic rings. The Morgan fingerprint density at radius 2 is 1.93 bits per heavy atom. The molecule has 1 aliphatic heterocycles. The number of carbonyl (C=O) groups is 1. The molecule has 0 fully saturated rings. The highest BCUT2D eigenvalue weighted by atomic mass is 35.5. The first-order chi connectivity index (χ1) is 13.8. The lowest BCUT2D eigenvalue weighted by Crippen LogP contribution is -2.24. The van der Waals surface area contributed by atoms with Gasteiger partial charge in [0.05, 0.1) is 30.0 Å². The zero-order valence-electron chi connectivity index (χ0n) is 16.5. The van der Waals surface area contributed by atoms with Gasteiger partial charge in [0.1, 0.15) is 0 Å². The highest BCUT2D eigenvalue weighted by Crippen LogP contribution is 2.40. The standard InChI is InChI=1S/C21H21Cl2N5O/c1-11-6-14(26-27(11)3)9-28-10-18-20(21(28)29)19(16(8-24)12(2)25-18)15-5-4-13(22)7-17(15)23/h4-7H,8-10,24H2,1-3H3. The molecule has 1 amide bonds. The first-order valence-electron chi connectivity index (χ1n) is 9.26. The van der Waals surface area contributed by atoms with E-state index in [0.717, 1.165) is 39.5 Å². The fourth-order valence-corrected chi connectivity index (χ4v) is 4.34. The predicted molar refractivity (Wildman–Crippen MR) is 114 cm³/mol. The normalized spacial score (nSPS) is 13.3. The second kappa shape index (κ2) is 7.44. The lowest BCUT2D eigenvalue weighted by Gasteiger charge is -2.16. The number of hydrogen-bond acceptors (Lipinski definition) is 4. The molecule has 4 rings (SSSR count). The SMILES string of the molecule is Cc1nc2c(c(-c3ccc(Cl)cc3Cl)c1CN)C(=O)N(Cc1cc(C)n(C)n1)C2. The van der Waals surface area contributed by atoms with E-state index in [1.54, 1.807) is 21.7 Å². The predicted octanol–water partition coefficient (Wildman–Crippen LogP) is 4.02. The monoisotopic (exact) mass is 429 g/mol. The molecule has 0 saturated heterocycles. The van der Waals surface area contributed by atoms with Crippen molar-refractivity contribution in [3.8, 4) is 11.1 Å². The summed E-state index contributed by atoms with van der Waals surface area (Å²) in [6.07, 6.45) is 0. The van der Waals surface area contributed by atoms with E-state index in [4.69, 9.17) is 28.9 Å². The number of nitrogens with two attached hydrogens (primary N) is 1. The molecule has 2 N–H and O–H groups in total. The van der Waals surface area contributed by atoms with Crippen LogP contribution in [-0.4, -0.2) is 25.6 Å². The first-order valence-corrected chi connectivity index (χ1v) is 10.0. The Kier molecular flexibility index (Phi) is 5.11. The highest BCUT2D eigenvalue weighted by Gasteiger charge is 2.34. The third-order valence-electron chi connectivity index (χ3n) is 5.34. The van der Waals surface area contributed by atoms with Gasteiger partial charge in [0.2, 0.25) is 0 Å². The molecule has 8 heteroatoms. The zero-order chi connectivity index (χ0) is 20.9. The van der Waals surface area contributed by atoms with Crippen LogP contribution in [0.3, 0.4) is 0 Å². The molecule has 0 aliphatic carbocycles. The summed E-state index contributed by atoms with van der Waals surface area (Å²) in [7, 11) is 1.89. The molecule has 2 aromatic heterocycles. The topological polar surface area (TPSA) is 77.0 Å². The second-order valence-electron chi connectivity index (χ2n) is 7.26. The minimum Gasteiger partial charge on any atom is -0.327 e. The maximum absolute atomic E-state index is 13.4. The number of carbonyl (C=O) groups excluding carboxylic acids is 1. The summed E-state index contributed by atoms with van der Waals surface area (Å²) in [5.74, 6) is -0.0912. The van der Waals surface area contributed by atoms with Gasteiger partial charge < -0.3 is 10.6 Å². The maximum atomic E-state index is 13.4. The number of aryl methyl sites for hydroxylation is 3. The van der Waals surface area contributed by atoms with Crippen LogP contribution < -0.4 is 5.73 Å².